The molecular formula is C14H25N3S. The van der Waals surface area contributed by atoms with E-state index in [-0.39, 0.29) is 0 Å². The number of rotatable bonds is 7. The van der Waals surface area contributed by atoms with Gasteiger partial charge < -0.3 is 14.8 Å². The third-order valence-electron chi connectivity index (χ3n) is 3.33. The first-order valence-electron chi connectivity index (χ1n) is 7.04. The first kappa shape index (κ1) is 14.0. The lowest BCUT2D eigenvalue weighted by Crippen LogP contribution is -2.37. The maximum absolute atomic E-state index is 3.54. The highest BCUT2D eigenvalue weighted by molar-refractivity contribution is 7.99. The van der Waals surface area contributed by atoms with Crippen LogP contribution < -0.4 is 5.32 Å². The minimum atomic E-state index is 0.999. The maximum atomic E-state index is 3.54. The summed E-state index contributed by atoms with van der Waals surface area (Å²) in [5.74, 6) is 2.61. The Labute approximate surface area is 115 Å². The van der Waals surface area contributed by atoms with E-state index >= 15 is 0 Å². The van der Waals surface area contributed by atoms with Crippen LogP contribution in [-0.2, 0) is 13.1 Å². The minimum Gasteiger partial charge on any atom is -0.354 e. The summed E-state index contributed by atoms with van der Waals surface area (Å²) >= 11 is 2.08. The number of nitrogens with zero attached hydrogens (tertiary/aromatic N) is 2. The summed E-state index contributed by atoms with van der Waals surface area (Å²) in [4.78, 5) is 2.56. The molecule has 0 aliphatic carbocycles. The minimum absolute atomic E-state index is 0.999. The van der Waals surface area contributed by atoms with E-state index in [2.05, 4.69) is 51.9 Å². The van der Waals surface area contributed by atoms with Crippen LogP contribution in [0.25, 0.3) is 0 Å². The second-order valence-electron chi connectivity index (χ2n) is 4.89. The van der Waals surface area contributed by atoms with Gasteiger partial charge in [0.15, 0.2) is 0 Å². The van der Waals surface area contributed by atoms with Crippen molar-refractivity contribution in [3.63, 3.8) is 0 Å². The molecule has 102 valence electrons. The van der Waals surface area contributed by atoms with Crippen molar-refractivity contribution in [1.82, 2.24) is 14.8 Å². The van der Waals surface area contributed by atoms with Crippen LogP contribution in [0.1, 0.15) is 18.9 Å². The van der Waals surface area contributed by atoms with E-state index in [1.165, 1.54) is 43.1 Å². The van der Waals surface area contributed by atoms with Crippen molar-refractivity contribution in [3.05, 3.63) is 24.0 Å². The molecule has 1 fully saturated rings. The summed E-state index contributed by atoms with van der Waals surface area (Å²) in [6.45, 7) is 9.16. The number of aryl methyl sites for hydroxylation is 1. The summed E-state index contributed by atoms with van der Waals surface area (Å²) in [7, 11) is 0. The van der Waals surface area contributed by atoms with Crippen molar-refractivity contribution in [2.75, 3.05) is 37.7 Å². The highest BCUT2D eigenvalue weighted by Crippen LogP contribution is 2.08. The van der Waals surface area contributed by atoms with E-state index < -0.39 is 0 Å². The van der Waals surface area contributed by atoms with Gasteiger partial charge in [-0.15, -0.1) is 0 Å². The van der Waals surface area contributed by atoms with Gasteiger partial charge in [-0.1, -0.05) is 6.92 Å². The van der Waals surface area contributed by atoms with E-state index in [1.807, 2.05) is 0 Å². The third-order valence-corrected chi connectivity index (χ3v) is 4.27. The van der Waals surface area contributed by atoms with Crippen molar-refractivity contribution in [2.24, 2.45) is 0 Å². The molecule has 1 aliphatic rings. The highest BCUT2D eigenvalue weighted by Gasteiger charge is 2.08. The van der Waals surface area contributed by atoms with Crippen LogP contribution in [-0.4, -0.2) is 47.2 Å². The normalized spacial score (nSPS) is 17.2. The van der Waals surface area contributed by atoms with Gasteiger partial charge in [-0.25, -0.2) is 0 Å². The zero-order chi connectivity index (χ0) is 12.6. The molecule has 3 nitrogen and oxygen atoms in total. The maximum Gasteiger partial charge on any atom is 0.0221 e. The standard InChI is InChI=1S/C14H25N3S/c1-2-5-17-6-3-14(13-17)12-15-4-7-16-8-10-18-11-9-16/h3,6,13,15H,2,4-5,7-12H2,1H3. The molecule has 2 rings (SSSR count). The Morgan fingerprint density at radius 1 is 1.28 bits per heavy atom. The van der Waals surface area contributed by atoms with Gasteiger partial charge in [0.05, 0.1) is 0 Å². The van der Waals surface area contributed by atoms with E-state index in [1.54, 1.807) is 0 Å². The average molecular weight is 267 g/mol. The number of hydrogen-bond donors (Lipinski definition) is 1. The molecule has 0 spiro atoms. The summed E-state index contributed by atoms with van der Waals surface area (Å²) in [6, 6.07) is 2.22. The van der Waals surface area contributed by atoms with Crippen LogP contribution >= 0.6 is 11.8 Å². The van der Waals surface area contributed by atoms with E-state index in [0.717, 1.165) is 19.6 Å². The first-order chi connectivity index (χ1) is 8.88. The second-order valence-corrected chi connectivity index (χ2v) is 6.11. The van der Waals surface area contributed by atoms with Crippen LogP contribution in [0.5, 0.6) is 0 Å². The Bertz CT molecular complexity index is 332. The quantitative estimate of drug-likeness (QED) is 0.764. The fourth-order valence-corrected chi connectivity index (χ4v) is 3.27. The number of thioether (sulfide) groups is 1. The molecule has 0 aromatic carbocycles. The Kier molecular flexibility index (Phi) is 6.11. The third kappa shape index (κ3) is 4.67. The zero-order valence-corrected chi connectivity index (χ0v) is 12.2. The molecule has 1 aliphatic heterocycles. The Morgan fingerprint density at radius 2 is 2.11 bits per heavy atom. The highest BCUT2D eigenvalue weighted by atomic mass is 32.2. The molecule has 0 unspecified atom stereocenters. The molecule has 4 heteroatoms. The van der Waals surface area contributed by atoms with E-state index in [0.29, 0.717) is 0 Å². The topological polar surface area (TPSA) is 20.2 Å². The smallest absolute Gasteiger partial charge is 0.0221 e. The predicted octanol–water partition coefficient (Wildman–Crippen LogP) is 2.04. The molecule has 1 aromatic rings. The lowest BCUT2D eigenvalue weighted by Gasteiger charge is -2.26. The molecule has 1 aromatic heterocycles. The van der Waals surface area contributed by atoms with E-state index in [9.17, 15) is 0 Å². The van der Waals surface area contributed by atoms with Gasteiger partial charge in [-0.3, -0.25) is 0 Å². The van der Waals surface area contributed by atoms with Crippen LogP contribution in [0.2, 0.25) is 0 Å². The summed E-state index contributed by atoms with van der Waals surface area (Å²) < 4.78 is 2.28. The molecular weight excluding hydrogens is 242 g/mol. The van der Waals surface area contributed by atoms with Crippen molar-refractivity contribution in [2.45, 2.75) is 26.4 Å². The Hall–Kier alpha value is -0.450. The lowest BCUT2D eigenvalue weighted by molar-refractivity contribution is 0.301. The van der Waals surface area contributed by atoms with Crippen LogP contribution in [0.3, 0.4) is 0 Å². The van der Waals surface area contributed by atoms with E-state index in [4.69, 9.17) is 0 Å². The fourth-order valence-electron chi connectivity index (χ4n) is 2.29. The zero-order valence-electron chi connectivity index (χ0n) is 11.4. The van der Waals surface area contributed by atoms with Gasteiger partial charge in [-0.2, -0.15) is 11.8 Å². The van der Waals surface area contributed by atoms with Crippen LogP contribution in [0.4, 0.5) is 0 Å². The Balaban J connectivity index is 1.59. The van der Waals surface area contributed by atoms with Crippen LogP contribution in [0, 0.1) is 0 Å². The van der Waals surface area contributed by atoms with Gasteiger partial charge in [0.25, 0.3) is 0 Å². The van der Waals surface area contributed by atoms with Gasteiger partial charge in [0, 0.05) is 63.2 Å². The molecule has 1 N–H and O–H groups in total. The predicted molar refractivity (Wildman–Crippen MR) is 80.2 cm³/mol. The average Bonchev–Trinajstić information content (AvgIpc) is 2.84. The summed E-state index contributed by atoms with van der Waals surface area (Å²) in [6.07, 6.45) is 5.64. The SMILES string of the molecule is CCCn1ccc(CNCCN2CCSCC2)c1. The Morgan fingerprint density at radius 3 is 2.89 bits per heavy atom. The van der Waals surface area contributed by atoms with Gasteiger partial charge in [0.1, 0.15) is 0 Å². The molecule has 0 radical (unpaired) electrons. The van der Waals surface area contributed by atoms with Gasteiger partial charge >= 0.3 is 0 Å². The van der Waals surface area contributed by atoms with Crippen molar-refractivity contribution < 1.29 is 0 Å². The molecule has 0 atom stereocenters. The second kappa shape index (κ2) is 7.87. The number of nitrogens with one attached hydrogen (secondary N) is 1. The van der Waals surface area contributed by atoms with Gasteiger partial charge in [0.2, 0.25) is 0 Å². The molecule has 0 bridgehead atoms. The molecule has 18 heavy (non-hydrogen) atoms. The molecule has 2 heterocycles. The first-order valence-corrected chi connectivity index (χ1v) is 8.19. The molecule has 0 saturated carbocycles. The fraction of sp³-hybridized carbons (Fsp3) is 0.714. The molecule has 0 amide bonds. The summed E-state index contributed by atoms with van der Waals surface area (Å²) in [5.41, 5.74) is 1.40. The van der Waals surface area contributed by atoms with Crippen molar-refractivity contribution in [1.29, 1.82) is 0 Å². The van der Waals surface area contributed by atoms with Crippen molar-refractivity contribution in [3.8, 4) is 0 Å². The lowest BCUT2D eigenvalue weighted by atomic mass is 10.3. The van der Waals surface area contributed by atoms with Crippen molar-refractivity contribution >= 4 is 11.8 Å². The largest absolute Gasteiger partial charge is 0.354 e. The number of aromatic nitrogens is 1. The number of hydrogen-bond acceptors (Lipinski definition) is 3. The summed E-state index contributed by atoms with van der Waals surface area (Å²) in [5, 5.41) is 3.54. The monoisotopic (exact) mass is 267 g/mol. The van der Waals surface area contributed by atoms with Crippen LogP contribution in [0.15, 0.2) is 18.5 Å². The van der Waals surface area contributed by atoms with Gasteiger partial charge in [-0.05, 0) is 18.1 Å². The molecule has 1 saturated heterocycles.